The fourth-order valence-corrected chi connectivity index (χ4v) is 5.83. The summed E-state index contributed by atoms with van der Waals surface area (Å²) in [5.41, 5.74) is 7.46. The van der Waals surface area contributed by atoms with Gasteiger partial charge in [-0.2, -0.15) is 0 Å². The molecule has 0 atom stereocenters. The summed E-state index contributed by atoms with van der Waals surface area (Å²) < 4.78 is 1.95. The first-order valence-electron chi connectivity index (χ1n) is 16.2. The van der Waals surface area contributed by atoms with Gasteiger partial charge in [0.05, 0.1) is 24.5 Å². The van der Waals surface area contributed by atoms with Crippen molar-refractivity contribution in [3.8, 4) is 22.5 Å². The molecule has 0 unspecified atom stereocenters. The van der Waals surface area contributed by atoms with Gasteiger partial charge >= 0.3 is 0 Å². The van der Waals surface area contributed by atoms with Crippen LogP contribution in [0.3, 0.4) is 0 Å². The van der Waals surface area contributed by atoms with Crippen LogP contribution in [0.15, 0.2) is 72.8 Å². The van der Waals surface area contributed by atoms with Crippen molar-refractivity contribution in [3.63, 3.8) is 0 Å². The fraction of sp³-hybridized carbons (Fsp3) is 0.421. The standard InChI is InChI=1S/C38H47N5O2/c1-7-37(2,3)24-22-34(45)42-26-29-13-8-9-14-30(29)36-35(31-15-10-11-16-32(31)42)40-41-43(36)25-27-18-20-28(21-19-27)33(44)17-12-23-38(4,5)39-6/h8-11,13-16,18-21,39H,7,12,17,22-26H2,1-6H3. The van der Waals surface area contributed by atoms with Gasteiger partial charge in [0.15, 0.2) is 5.78 Å². The molecule has 1 aliphatic rings. The molecule has 7 heteroatoms. The first-order chi connectivity index (χ1) is 21.5. The molecule has 0 saturated heterocycles. The molecule has 0 bridgehead atoms. The maximum atomic E-state index is 13.8. The highest BCUT2D eigenvalue weighted by Gasteiger charge is 2.30. The molecule has 1 N–H and O–H groups in total. The van der Waals surface area contributed by atoms with Gasteiger partial charge in [-0.3, -0.25) is 9.59 Å². The van der Waals surface area contributed by atoms with Crippen LogP contribution >= 0.6 is 0 Å². The van der Waals surface area contributed by atoms with Crippen LogP contribution < -0.4 is 10.2 Å². The third kappa shape index (κ3) is 7.42. The zero-order valence-electron chi connectivity index (χ0n) is 27.7. The number of carbonyl (C=O) groups excluding carboxylic acids is 2. The van der Waals surface area contributed by atoms with Crippen LogP contribution in [-0.2, 0) is 17.9 Å². The number of fused-ring (bicyclic) bond motifs is 5. The highest BCUT2D eigenvalue weighted by Crippen LogP contribution is 2.41. The van der Waals surface area contributed by atoms with Gasteiger partial charge in [-0.15, -0.1) is 5.10 Å². The Balaban J connectivity index is 1.43. The highest BCUT2D eigenvalue weighted by molar-refractivity contribution is 6.00. The van der Waals surface area contributed by atoms with Crippen molar-refractivity contribution in [2.45, 2.75) is 91.8 Å². The average molecular weight is 606 g/mol. The van der Waals surface area contributed by atoms with Crippen LogP contribution in [0.2, 0.25) is 0 Å². The summed E-state index contributed by atoms with van der Waals surface area (Å²) >= 11 is 0. The van der Waals surface area contributed by atoms with E-state index >= 15 is 0 Å². The molecule has 0 radical (unpaired) electrons. The summed E-state index contributed by atoms with van der Waals surface area (Å²) in [7, 11) is 1.96. The molecule has 5 rings (SSSR count). The molecule has 236 valence electrons. The van der Waals surface area contributed by atoms with Crippen molar-refractivity contribution in [2.75, 3.05) is 11.9 Å². The van der Waals surface area contributed by atoms with Gasteiger partial charge in [0.1, 0.15) is 5.69 Å². The second-order valence-corrected chi connectivity index (χ2v) is 13.7. The minimum absolute atomic E-state index is 0.0256. The van der Waals surface area contributed by atoms with E-state index in [1.54, 1.807) is 0 Å². The third-order valence-electron chi connectivity index (χ3n) is 9.55. The van der Waals surface area contributed by atoms with E-state index in [2.05, 4.69) is 57.3 Å². The number of aromatic nitrogens is 3. The number of nitrogens with one attached hydrogen (secondary N) is 1. The van der Waals surface area contributed by atoms with Crippen molar-refractivity contribution in [1.82, 2.24) is 20.3 Å². The van der Waals surface area contributed by atoms with Crippen molar-refractivity contribution < 1.29 is 9.59 Å². The number of nitrogens with zero attached hydrogens (tertiary/aromatic N) is 4. The summed E-state index contributed by atoms with van der Waals surface area (Å²) in [4.78, 5) is 28.6. The zero-order valence-corrected chi connectivity index (χ0v) is 27.7. The maximum Gasteiger partial charge on any atom is 0.227 e. The summed E-state index contributed by atoms with van der Waals surface area (Å²) in [6.07, 6.45) is 4.68. The molecule has 45 heavy (non-hydrogen) atoms. The third-order valence-corrected chi connectivity index (χ3v) is 9.55. The predicted octanol–water partition coefficient (Wildman–Crippen LogP) is 8.07. The minimum Gasteiger partial charge on any atom is -0.315 e. The monoisotopic (exact) mass is 605 g/mol. The number of carbonyl (C=O) groups is 2. The Hall–Kier alpha value is -4.10. The first-order valence-corrected chi connectivity index (χ1v) is 16.2. The number of ketones is 1. The Morgan fingerprint density at radius 3 is 2.27 bits per heavy atom. The van der Waals surface area contributed by atoms with Gasteiger partial charge < -0.3 is 10.2 Å². The van der Waals surface area contributed by atoms with E-state index in [4.69, 9.17) is 5.10 Å². The summed E-state index contributed by atoms with van der Waals surface area (Å²) in [6.45, 7) is 11.9. The van der Waals surface area contributed by atoms with Crippen LogP contribution in [-0.4, -0.2) is 39.3 Å². The van der Waals surface area contributed by atoms with Crippen LogP contribution in [0.25, 0.3) is 22.5 Å². The molecule has 3 aromatic carbocycles. The molecule has 0 aliphatic carbocycles. The van der Waals surface area contributed by atoms with E-state index in [0.717, 1.165) is 70.6 Å². The Morgan fingerprint density at radius 2 is 1.56 bits per heavy atom. The molecular formula is C38H47N5O2. The lowest BCUT2D eigenvalue weighted by molar-refractivity contribution is -0.119. The molecule has 1 aliphatic heterocycles. The van der Waals surface area contributed by atoms with E-state index in [1.807, 2.05) is 77.3 Å². The molecule has 0 saturated carbocycles. The summed E-state index contributed by atoms with van der Waals surface area (Å²) in [5, 5.41) is 12.7. The van der Waals surface area contributed by atoms with E-state index in [0.29, 0.717) is 25.9 Å². The van der Waals surface area contributed by atoms with Crippen molar-refractivity contribution in [1.29, 1.82) is 0 Å². The van der Waals surface area contributed by atoms with E-state index in [-0.39, 0.29) is 22.6 Å². The Labute approximate surface area is 268 Å². The quantitative estimate of drug-likeness (QED) is 0.165. The second kappa shape index (κ2) is 13.5. The maximum absolute atomic E-state index is 13.8. The van der Waals surface area contributed by atoms with Gasteiger partial charge in [0.2, 0.25) is 5.91 Å². The molecule has 0 fully saturated rings. The molecular weight excluding hydrogens is 558 g/mol. The van der Waals surface area contributed by atoms with Gasteiger partial charge in [-0.1, -0.05) is 99.1 Å². The largest absolute Gasteiger partial charge is 0.315 e. The number of benzene rings is 3. The SMILES string of the molecule is CCC(C)(C)CCC(=O)N1Cc2ccccc2-c2c(nnn2Cc2ccc(C(=O)CCCC(C)(C)NC)cc2)-c2ccccc21. The number of para-hydroxylation sites is 1. The summed E-state index contributed by atoms with van der Waals surface area (Å²) in [5.74, 6) is 0.289. The van der Waals surface area contributed by atoms with E-state index in [9.17, 15) is 9.59 Å². The summed E-state index contributed by atoms with van der Waals surface area (Å²) in [6, 6.07) is 24.2. The Morgan fingerprint density at radius 1 is 0.867 bits per heavy atom. The molecule has 1 amide bonds. The van der Waals surface area contributed by atoms with Crippen LogP contribution in [0.1, 0.15) is 94.6 Å². The van der Waals surface area contributed by atoms with Crippen LogP contribution in [0, 0.1) is 5.41 Å². The zero-order chi connectivity index (χ0) is 32.2. The number of rotatable bonds is 12. The number of Topliss-reactive ketones (excluding diaryl/α,β-unsaturated/α-hetero) is 1. The lowest BCUT2D eigenvalue weighted by atomic mass is 9.85. The van der Waals surface area contributed by atoms with Crippen LogP contribution in [0.4, 0.5) is 5.69 Å². The lowest BCUT2D eigenvalue weighted by Crippen LogP contribution is -2.35. The van der Waals surface area contributed by atoms with Crippen molar-refractivity contribution in [3.05, 3.63) is 89.5 Å². The lowest BCUT2D eigenvalue weighted by Gasteiger charge is -2.30. The number of hydrogen-bond donors (Lipinski definition) is 1. The Kier molecular flexibility index (Phi) is 9.68. The van der Waals surface area contributed by atoms with Crippen LogP contribution in [0.5, 0.6) is 0 Å². The molecule has 2 heterocycles. The molecule has 0 spiro atoms. The highest BCUT2D eigenvalue weighted by atomic mass is 16.2. The average Bonchev–Trinajstić information content (AvgIpc) is 3.44. The van der Waals surface area contributed by atoms with Gasteiger partial charge in [-0.05, 0) is 62.8 Å². The second-order valence-electron chi connectivity index (χ2n) is 13.7. The van der Waals surface area contributed by atoms with Gasteiger partial charge in [0, 0.05) is 35.1 Å². The Bertz CT molecular complexity index is 1650. The van der Waals surface area contributed by atoms with Gasteiger partial charge in [0.25, 0.3) is 0 Å². The van der Waals surface area contributed by atoms with Crippen molar-refractivity contribution in [2.24, 2.45) is 5.41 Å². The predicted molar refractivity (Wildman–Crippen MR) is 182 cm³/mol. The van der Waals surface area contributed by atoms with Gasteiger partial charge in [-0.25, -0.2) is 4.68 Å². The topological polar surface area (TPSA) is 80.1 Å². The normalized spacial score (nSPS) is 13.0. The van der Waals surface area contributed by atoms with E-state index in [1.165, 1.54) is 0 Å². The molecule has 7 nitrogen and oxygen atoms in total. The number of anilines is 1. The molecule has 4 aromatic rings. The number of amides is 1. The molecule has 1 aromatic heterocycles. The fourth-order valence-electron chi connectivity index (χ4n) is 5.83. The number of hydrogen-bond acceptors (Lipinski definition) is 5. The van der Waals surface area contributed by atoms with Crippen molar-refractivity contribution >= 4 is 17.4 Å². The van der Waals surface area contributed by atoms with E-state index < -0.39 is 0 Å². The smallest absolute Gasteiger partial charge is 0.227 e. The minimum atomic E-state index is 0.0256. The first kappa shape index (κ1) is 32.3.